The maximum atomic E-state index is 12.6. The molecule has 1 fully saturated rings. The molecule has 0 saturated carbocycles. The first-order valence-corrected chi connectivity index (χ1v) is 8.03. The van der Waals surface area contributed by atoms with Gasteiger partial charge in [0.1, 0.15) is 0 Å². The Bertz CT molecular complexity index is 722. The third-order valence-corrected chi connectivity index (χ3v) is 4.10. The maximum Gasteiger partial charge on any atom is 0.289 e. The summed E-state index contributed by atoms with van der Waals surface area (Å²) in [6, 6.07) is 3.34. The molecule has 3 rings (SSSR count). The number of carbonyl (C=O) groups excluding carboxylic acids is 2. The van der Waals surface area contributed by atoms with Gasteiger partial charge in [-0.1, -0.05) is 0 Å². The zero-order chi connectivity index (χ0) is 17.3. The van der Waals surface area contributed by atoms with Crippen LogP contribution in [-0.2, 0) is 0 Å². The third kappa shape index (κ3) is 3.04. The molecule has 2 amide bonds. The second-order valence-electron chi connectivity index (χ2n) is 6.22. The predicted molar refractivity (Wildman–Crippen MR) is 85.5 cm³/mol. The van der Waals surface area contributed by atoms with Crippen molar-refractivity contribution in [2.24, 2.45) is 0 Å². The molecule has 8 nitrogen and oxygen atoms in total. The number of rotatable bonds is 3. The van der Waals surface area contributed by atoms with E-state index in [9.17, 15) is 9.59 Å². The Morgan fingerprint density at radius 1 is 1.29 bits per heavy atom. The fourth-order valence-corrected chi connectivity index (χ4v) is 2.77. The average Bonchev–Trinajstić information content (AvgIpc) is 3.25. The van der Waals surface area contributed by atoms with E-state index in [-0.39, 0.29) is 23.9 Å². The van der Waals surface area contributed by atoms with Crippen LogP contribution in [0.5, 0.6) is 0 Å². The van der Waals surface area contributed by atoms with Crippen LogP contribution < -0.4 is 0 Å². The summed E-state index contributed by atoms with van der Waals surface area (Å²) in [5.74, 6) is 0.0195. The smallest absolute Gasteiger partial charge is 0.289 e. The summed E-state index contributed by atoms with van der Waals surface area (Å²) in [6.45, 7) is 7.22. The van der Waals surface area contributed by atoms with Gasteiger partial charge in [-0.05, 0) is 32.9 Å². The zero-order valence-corrected chi connectivity index (χ0v) is 14.0. The molecule has 0 aromatic carbocycles. The van der Waals surface area contributed by atoms with Crippen LogP contribution in [0.25, 0.3) is 0 Å². The van der Waals surface area contributed by atoms with Gasteiger partial charge in [0.2, 0.25) is 0 Å². The van der Waals surface area contributed by atoms with E-state index in [0.29, 0.717) is 31.1 Å². The Labute approximate surface area is 140 Å². The lowest BCUT2D eigenvalue weighted by molar-refractivity contribution is 0.0395. The molecule has 1 saturated heterocycles. The lowest BCUT2D eigenvalue weighted by Crippen LogP contribution is -2.55. The Hall–Kier alpha value is -2.64. The van der Waals surface area contributed by atoms with E-state index >= 15 is 0 Å². The molecular weight excluding hydrogens is 310 g/mol. The van der Waals surface area contributed by atoms with Gasteiger partial charge >= 0.3 is 0 Å². The predicted octanol–water partition coefficient (Wildman–Crippen LogP) is 1.44. The number of hydrogen-bond donors (Lipinski definition) is 0. The number of carbonyl (C=O) groups is 2. The largest absolute Gasteiger partial charge is 0.459 e. The minimum atomic E-state index is -0.153. The first kappa shape index (κ1) is 16.2. The van der Waals surface area contributed by atoms with Gasteiger partial charge in [-0.15, -0.1) is 5.10 Å². The molecular formula is C16H21N5O3. The highest BCUT2D eigenvalue weighted by atomic mass is 16.3. The van der Waals surface area contributed by atoms with E-state index in [1.54, 1.807) is 21.9 Å². The summed E-state index contributed by atoms with van der Waals surface area (Å²) in [4.78, 5) is 29.9. The van der Waals surface area contributed by atoms with Crippen molar-refractivity contribution in [3.63, 3.8) is 0 Å². The van der Waals surface area contributed by atoms with Crippen LogP contribution in [0.15, 0.2) is 29.0 Å². The summed E-state index contributed by atoms with van der Waals surface area (Å²) < 4.78 is 5.16. The van der Waals surface area contributed by atoms with Gasteiger partial charge in [-0.3, -0.25) is 9.59 Å². The molecule has 1 atom stereocenters. The van der Waals surface area contributed by atoms with Crippen molar-refractivity contribution >= 4 is 11.8 Å². The number of nitrogens with zero attached hydrogens (tertiary/aromatic N) is 5. The van der Waals surface area contributed by atoms with Gasteiger partial charge in [-0.25, -0.2) is 0 Å². The minimum absolute atomic E-state index is 0.102. The average molecular weight is 331 g/mol. The van der Waals surface area contributed by atoms with E-state index in [2.05, 4.69) is 10.2 Å². The van der Waals surface area contributed by atoms with Crippen LogP contribution in [0.1, 0.15) is 47.9 Å². The van der Waals surface area contributed by atoms with Crippen molar-refractivity contribution in [1.82, 2.24) is 24.8 Å². The molecule has 2 aromatic rings. The van der Waals surface area contributed by atoms with Gasteiger partial charge in [0, 0.05) is 25.7 Å². The standard InChI is InChI=1S/C16H21N5O3/c1-11(2)21-17-9-13(18-21)15(22)20-7-6-19(10-12(20)3)16(23)14-5-4-8-24-14/h4-5,8-9,11-12H,6-7,10H2,1-3H3. The van der Waals surface area contributed by atoms with Gasteiger partial charge in [0.15, 0.2) is 11.5 Å². The fourth-order valence-electron chi connectivity index (χ4n) is 2.77. The van der Waals surface area contributed by atoms with Gasteiger partial charge < -0.3 is 14.2 Å². The molecule has 0 bridgehead atoms. The SMILES string of the molecule is CC1CN(C(=O)c2ccco2)CCN1C(=O)c1cnn(C(C)C)n1. The van der Waals surface area contributed by atoms with Crippen molar-refractivity contribution in [1.29, 1.82) is 0 Å². The van der Waals surface area contributed by atoms with Crippen molar-refractivity contribution < 1.29 is 14.0 Å². The highest BCUT2D eigenvalue weighted by Gasteiger charge is 2.32. The Morgan fingerprint density at radius 3 is 2.67 bits per heavy atom. The molecule has 128 valence electrons. The van der Waals surface area contributed by atoms with E-state index in [0.717, 1.165) is 0 Å². The molecule has 2 aromatic heterocycles. The summed E-state index contributed by atoms with van der Waals surface area (Å²) >= 11 is 0. The Kier molecular flexibility index (Phi) is 4.37. The first-order chi connectivity index (χ1) is 11.5. The lowest BCUT2D eigenvalue weighted by atomic mass is 10.1. The van der Waals surface area contributed by atoms with E-state index in [1.807, 2.05) is 20.8 Å². The van der Waals surface area contributed by atoms with Crippen LogP contribution in [0.4, 0.5) is 0 Å². The molecule has 0 radical (unpaired) electrons. The summed E-state index contributed by atoms with van der Waals surface area (Å²) in [7, 11) is 0. The molecule has 0 N–H and O–H groups in total. The monoisotopic (exact) mass is 331 g/mol. The normalized spacial score (nSPS) is 18.2. The van der Waals surface area contributed by atoms with Gasteiger partial charge in [0.05, 0.1) is 18.5 Å². The number of aromatic nitrogens is 3. The minimum Gasteiger partial charge on any atom is -0.459 e. The molecule has 24 heavy (non-hydrogen) atoms. The molecule has 3 heterocycles. The molecule has 8 heteroatoms. The van der Waals surface area contributed by atoms with Crippen molar-refractivity contribution in [3.8, 4) is 0 Å². The molecule has 1 aliphatic heterocycles. The molecule has 1 aliphatic rings. The van der Waals surface area contributed by atoms with E-state index < -0.39 is 0 Å². The fraction of sp³-hybridized carbons (Fsp3) is 0.500. The maximum absolute atomic E-state index is 12.6. The van der Waals surface area contributed by atoms with Gasteiger partial charge in [0.25, 0.3) is 11.8 Å². The van der Waals surface area contributed by atoms with Crippen LogP contribution in [0.3, 0.4) is 0 Å². The summed E-state index contributed by atoms with van der Waals surface area (Å²) in [5.41, 5.74) is 0.335. The van der Waals surface area contributed by atoms with Crippen LogP contribution in [0, 0.1) is 0 Å². The molecule has 0 aliphatic carbocycles. The lowest BCUT2D eigenvalue weighted by Gasteiger charge is -2.39. The van der Waals surface area contributed by atoms with Crippen LogP contribution >= 0.6 is 0 Å². The highest BCUT2D eigenvalue weighted by molar-refractivity contribution is 5.93. The quantitative estimate of drug-likeness (QED) is 0.849. The third-order valence-electron chi connectivity index (χ3n) is 4.10. The van der Waals surface area contributed by atoms with Crippen molar-refractivity contribution in [2.45, 2.75) is 32.9 Å². The van der Waals surface area contributed by atoms with E-state index in [1.165, 1.54) is 17.3 Å². The first-order valence-electron chi connectivity index (χ1n) is 8.03. The Balaban J connectivity index is 1.67. The zero-order valence-electron chi connectivity index (χ0n) is 14.0. The second kappa shape index (κ2) is 6.46. The molecule has 0 spiro atoms. The topological polar surface area (TPSA) is 84.5 Å². The number of hydrogen-bond acceptors (Lipinski definition) is 5. The molecule has 1 unspecified atom stereocenters. The van der Waals surface area contributed by atoms with E-state index in [4.69, 9.17) is 4.42 Å². The number of piperazine rings is 1. The number of amides is 2. The second-order valence-corrected chi connectivity index (χ2v) is 6.22. The number of furan rings is 1. The highest BCUT2D eigenvalue weighted by Crippen LogP contribution is 2.16. The Morgan fingerprint density at radius 2 is 2.08 bits per heavy atom. The van der Waals surface area contributed by atoms with Crippen molar-refractivity contribution in [3.05, 3.63) is 36.0 Å². The van der Waals surface area contributed by atoms with Gasteiger partial charge in [-0.2, -0.15) is 9.90 Å². The van der Waals surface area contributed by atoms with Crippen LogP contribution in [0.2, 0.25) is 0 Å². The van der Waals surface area contributed by atoms with Crippen LogP contribution in [-0.4, -0.2) is 62.3 Å². The summed E-state index contributed by atoms with van der Waals surface area (Å²) in [5, 5.41) is 8.35. The summed E-state index contributed by atoms with van der Waals surface area (Å²) in [6.07, 6.45) is 2.98. The van der Waals surface area contributed by atoms with Crippen molar-refractivity contribution in [2.75, 3.05) is 19.6 Å².